The van der Waals surface area contributed by atoms with Crippen molar-refractivity contribution in [3.63, 3.8) is 0 Å². The van der Waals surface area contributed by atoms with Crippen LogP contribution in [0.1, 0.15) is 25.7 Å². The van der Waals surface area contributed by atoms with E-state index in [1.165, 1.54) is 12.1 Å². The summed E-state index contributed by atoms with van der Waals surface area (Å²) in [6.45, 7) is 0.787. The number of hydrogen-bond donors (Lipinski definition) is 2. The van der Waals surface area contributed by atoms with Crippen LogP contribution in [0.5, 0.6) is 0 Å². The molecule has 1 aliphatic rings. The average Bonchev–Trinajstić information content (AvgIpc) is 2.84. The average molecular weight is 252 g/mol. The molecule has 0 aromatic heterocycles. The molecule has 1 aromatic carbocycles. The lowest BCUT2D eigenvalue weighted by Crippen LogP contribution is -2.15. The molecule has 0 saturated carbocycles. The lowest BCUT2D eigenvalue weighted by Gasteiger charge is -2.09. The van der Waals surface area contributed by atoms with Gasteiger partial charge in [0, 0.05) is 18.7 Å². The van der Waals surface area contributed by atoms with Crippen molar-refractivity contribution < 1.29 is 13.9 Å². The van der Waals surface area contributed by atoms with Gasteiger partial charge < -0.3 is 15.8 Å². The van der Waals surface area contributed by atoms with Gasteiger partial charge in [-0.15, -0.1) is 0 Å². The molecule has 1 atom stereocenters. The van der Waals surface area contributed by atoms with Gasteiger partial charge in [-0.1, -0.05) is 0 Å². The highest BCUT2D eigenvalue weighted by atomic mass is 19.1. The van der Waals surface area contributed by atoms with Crippen molar-refractivity contribution in [3.8, 4) is 0 Å². The fourth-order valence-electron chi connectivity index (χ4n) is 1.99. The predicted molar refractivity (Wildman–Crippen MR) is 67.7 cm³/mol. The van der Waals surface area contributed by atoms with E-state index in [-0.39, 0.29) is 17.7 Å². The van der Waals surface area contributed by atoms with Gasteiger partial charge in [0.15, 0.2) is 0 Å². The fourth-order valence-corrected chi connectivity index (χ4v) is 1.99. The van der Waals surface area contributed by atoms with Crippen LogP contribution in [-0.2, 0) is 9.53 Å². The maximum absolute atomic E-state index is 13.2. The quantitative estimate of drug-likeness (QED) is 0.808. The topological polar surface area (TPSA) is 64.3 Å². The predicted octanol–water partition coefficient (Wildman–Crippen LogP) is 2.31. The summed E-state index contributed by atoms with van der Waals surface area (Å²) in [5.74, 6) is -0.651. The standard InChI is InChI=1S/C13H17FN2O2/c14-11-8-9(3-5-12(11)15)16-13(17)6-4-10-2-1-7-18-10/h3,5,8,10H,1-2,4,6-7,15H2,(H,16,17). The van der Waals surface area contributed by atoms with Crippen molar-refractivity contribution in [1.82, 2.24) is 0 Å². The van der Waals surface area contributed by atoms with Gasteiger partial charge in [-0.05, 0) is 37.5 Å². The molecule has 18 heavy (non-hydrogen) atoms. The number of nitrogens with one attached hydrogen (secondary N) is 1. The van der Waals surface area contributed by atoms with Gasteiger partial charge in [-0.25, -0.2) is 4.39 Å². The molecular weight excluding hydrogens is 235 g/mol. The number of nitrogens with two attached hydrogens (primary N) is 1. The van der Waals surface area contributed by atoms with Crippen LogP contribution in [0.4, 0.5) is 15.8 Å². The number of benzene rings is 1. The third-order valence-corrected chi connectivity index (χ3v) is 3.00. The van der Waals surface area contributed by atoms with Crippen molar-refractivity contribution in [2.75, 3.05) is 17.7 Å². The number of halogens is 1. The van der Waals surface area contributed by atoms with E-state index < -0.39 is 5.82 Å². The van der Waals surface area contributed by atoms with Crippen LogP contribution in [-0.4, -0.2) is 18.6 Å². The molecule has 1 fully saturated rings. The first kappa shape index (κ1) is 12.8. The van der Waals surface area contributed by atoms with Gasteiger partial charge in [0.2, 0.25) is 5.91 Å². The van der Waals surface area contributed by atoms with Crippen LogP contribution in [0.15, 0.2) is 18.2 Å². The molecule has 4 nitrogen and oxygen atoms in total. The number of hydrogen-bond acceptors (Lipinski definition) is 3. The van der Waals surface area contributed by atoms with E-state index in [0.717, 1.165) is 19.4 Å². The monoisotopic (exact) mass is 252 g/mol. The van der Waals surface area contributed by atoms with Crippen molar-refractivity contribution in [3.05, 3.63) is 24.0 Å². The van der Waals surface area contributed by atoms with E-state index >= 15 is 0 Å². The zero-order valence-electron chi connectivity index (χ0n) is 10.1. The normalized spacial score (nSPS) is 18.8. The first-order valence-corrected chi connectivity index (χ1v) is 6.11. The zero-order chi connectivity index (χ0) is 13.0. The first-order valence-electron chi connectivity index (χ1n) is 6.11. The third kappa shape index (κ3) is 3.43. The lowest BCUT2D eigenvalue weighted by molar-refractivity contribution is -0.116. The van der Waals surface area contributed by atoms with Gasteiger partial charge in [0.05, 0.1) is 11.8 Å². The van der Waals surface area contributed by atoms with Crippen molar-refractivity contribution in [2.45, 2.75) is 31.8 Å². The van der Waals surface area contributed by atoms with Crippen LogP contribution in [0.3, 0.4) is 0 Å². The number of carbonyl (C=O) groups excluding carboxylic acids is 1. The maximum atomic E-state index is 13.2. The van der Waals surface area contributed by atoms with Crippen LogP contribution in [0.2, 0.25) is 0 Å². The van der Waals surface area contributed by atoms with E-state index in [0.29, 0.717) is 18.5 Å². The Morgan fingerprint density at radius 1 is 1.56 bits per heavy atom. The molecule has 0 spiro atoms. The minimum Gasteiger partial charge on any atom is -0.396 e. The molecule has 1 heterocycles. The minimum absolute atomic E-state index is 0.0763. The van der Waals surface area contributed by atoms with Crippen molar-refractivity contribution in [2.24, 2.45) is 0 Å². The highest BCUT2D eigenvalue weighted by Crippen LogP contribution is 2.19. The van der Waals surface area contributed by atoms with E-state index in [9.17, 15) is 9.18 Å². The summed E-state index contributed by atoms with van der Waals surface area (Å²) in [5, 5.41) is 2.64. The van der Waals surface area contributed by atoms with E-state index in [2.05, 4.69) is 5.32 Å². The number of ether oxygens (including phenoxy) is 1. The summed E-state index contributed by atoms with van der Waals surface area (Å²) in [4.78, 5) is 11.6. The van der Waals surface area contributed by atoms with Crippen LogP contribution >= 0.6 is 0 Å². The minimum atomic E-state index is -0.521. The number of carbonyl (C=O) groups is 1. The van der Waals surface area contributed by atoms with Gasteiger partial charge in [-0.2, -0.15) is 0 Å². The van der Waals surface area contributed by atoms with Crippen LogP contribution in [0.25, 0.3) is 0 Å². The van der Waals surface area contributed by atoms with Crippen LogP contribution in [0, 0.1) is 5.82 Å². The fraction of sp³-hybridized carbons (Fsp3) is 0.462. The lowest BCUT2D eigenvalue weighted by atomic mass is 10.1. The molecule has 0 bridgehead atoms. The Labute approximate surface area is 105 Å². The molecule has 1 amide bonds. The highest BCUT2D eigenvalue weighted by molar-refractivity contribution is 5.90. The Balaban J connectivity index is 1.80. The Morgan fingerprint density at radius 3 is 3.06 bits per heavy atom. The smallest absolute Gasteiger partial charge is 0.224 e. The molecule has 3 N–H and O–H groups in total. The molecule has 2 rings (SSSR count). The van der Waals surface area contributed by atoms with E-state index in [1.54, 1.807) is 6.07 Å². The van der Waals surface area contributed by atoms with Gasteiger partial charge >= 0.3 is 0 Å². The van der Waals surface area contributed by atoms with E-state index in [4.69, 9.17) is 10.5 Å². The molecule has 1 unspecified atom stereocenters. The number of nitrogen functional groups attached to an aromatic ring is 1. The number of amides is 1. The third-order valence-electron chi connectivity index (χ3n) is 3.00. The summed E-state index contributed by atoms with van der Waals surface area (Å²) in [7, 11) is 0. The Hall–Kier alpha value is -1.62. The second kappa shape index (κ2) is 5.82. The molecule has 1 saturated heterocycles. The zero-order valence-corrected chi connectivity index (χ0v) is 10.1. The summed E-state index contributed by atoms with van der Waals surface area (Å²) in [6, 6.07) is 4.24. The molecule has 0 radical (unpaired) electrons. The molecule has 5 heteroatoms. The molecule has 0 aliphatic carbocycles. The summed E-state index contributed by atoms with van der Waals surface area (Å²) < 4.78 is 18.6. The maximum Gasteiger partial charge on any atom is 0.224 e. The van der Waals surface area contributed by atoms with Crippen LogP contribution < -0.4 is 11.1 Å². The van der Waals surface area contributed by atoms with Crippen molar-refractivity contribution >= 4 is 17.3 Å². The molecular formula is C13H17FN2O2. The second-order valence-electron chi connectivity index (χ2n) is 4.46. The number of rotatable bonds is 4. The van der Waals surface area contributed by atoms with Crippen molar-refractivity contribution in [1.29, 1.82) is 0 Å². The Kier molecular flexibility index (Phi) is 4.15. The Bertz CT molecular complexity index is 431. The molecule has 1 aliphatic heterocycles. The SMILES string of the molecule is Nc1ccc(NC(=O)CCC2CCCO2)cc1F. The highest BCUT2D eigenvalue weighted by Gasteiger charge is 2.16. The summed E-state index contributed by atoms with van der Waals surface area (Å²) in [5.41, 5.74) is 5.86. The summed E-state index contributed by atoms with van der Waals surface area (Å²) >= 11 is 0. The largest absolute Gasteiger partial charge is 0.396 e. The van der Waals surface area contributed by atoms with Gasteiger partial charge in [0.25, 0.3) is 0 Å². The number of anilines is 2. The first-order chi connectivity index (χ1) is 8.65. The molecule has 98 valence electrons. The van der Waals surface area contributed by atoms with E-state index in [1.807, 2.05) is 0 Å². The van der Waals surface area contributed by atoms with Gasteiger partial charge in [-0.3, -0.25) is 4.79 Å². The Morgan fingerprint density at radius 2 is 2.39 bits per heavy atom. The summed E-state index contributed by atoms with van der Waals surface area (Å²) in [6.07, 6.45) is 3.37. The second-order valence-corrected chi connectivity index (χ2v) is 4.46. The van der Waals surface area contributed by atoms with Gasteiger partial charge in [0.1, 0.15) is 5.82 Å². The molecule has 1 aromatic rings.